The van der Waals surface area contributed by atoms with E-state index in [2.05, 4.69) is 86.2 Å². The Morgan fingerprint density at radius 1 is 1.06 bits per heavy atom. The van der Waals surface area contributed by atoms with Crippen molar-refractivity contribution in [2.45, 2.75) is 43.9 Å². The van der Waals surface area contributed by atoms with Crippen LogP contribution in [0.15, 0.2) is 64.5 Å². The Morgan fingerprint density at radius 3 is 2.59 bits per heavy atom. The maximum Gasteiger partial charge on any atom is 0.133 e. The first-order valence-corrected chi connectivity index (χ1v) is 12.2. The number of H-pyrrole nitrogens is 1. The smallest absolute Gasteiger partial charge is 0.133 e. The number of fused-ring (bicyclic) bond motifs is 1. The van der Waals surface area contributed by atoms with Crippen molar-refractivity contribution < 1.29 is 4.74 Å². The van der Waals surface area contributed by atoms with Gasteiger partial charge in [0.2, 0.25) is 0 Å². The van der Waals surface area contributed by atoms with E-state index in [0.29, 0.717) is 5.92 Å². The lowest BCUT2D eigenvalue weighted by Gasteiger charge is -2.27. The fraction of sp³-hybridized carbons (Fsp3) is 0.407. The summed E-state index contributed by atoms with van der Waals surface area (Å²) in [6.45, 7) is 13.1. The second kappa shape index (κ2) is 11.6. The number of aromatic nitrogens is 1. The van der Waals surface area contributed by atoms with E-state index in [1.807, 2.05) is 6.07 Å². The minimum absolute atomic E-state index is 0. The first-order valence-electron chi connectivity index (χ1n) is 11.4. The first-order chi connectivity index (χ1) is 15.0. The van der Waals surface area contributed by atoms with Gasteiger partial charge in [-0.25, -0.2) is 0 Å². The van der Waals surface area contributed by atoms with Gasteiger partial charge in [0.25, 0.3) is 0 Å². The van der Waals surface area contributed by atoms with E-state index in [9.17, 15) is 0 Å². The van der Waals surface area contributed by atoms with E-state index >= 15 is 0 Å². The van der Waals surface area contributed by atoms with Crippen molar-refractivity contribution in [3.05, 3.63) is 60.3 Å². The van der Waals surface area contributed by atoms with E-state index in [4.69, 9.17) is 4.74 Å². The predicted molar refractivity (Wildman–Crippen MR) is 148 cm³/mol. The Hall–Kier alpha value is -1.44. The SMILES string of the molecule is CC(C)COc1ccccc1Sc1ccc2[nH]cc(C3=CCN(CC(C)C)CC3)c2c1.I. The largest absolute Gasteiger partial charge is 0.492 e. The summed E-state index contributed by atoms with van der Waals surface area (Å²) in [6, 6.07) is 15.1. The summed E-state index contributed by atoms with van der Waals surface area (Å²) in [5, 5.41) is 1.31. The van der Waals surface area contributed by atoms with Gasteiger partial charge in [0.15, 0.2) is 0 Å². The molecule has 2 heterocycles. The molecule has 0 saturated heterocycles. The van der Waals surface area contributed by atoms with Crippen molar-refractivity contribution >= 4 is 52.2 Å². The number of nitrogens with one attached hydrogen (secondary N) is 1. The number of halogens is 1. The molecule has 0 radical (unpaired) electrons. The molecule has 0 fully saturated rings. The molecule has 3 aromatic rings. The van der Waals surface area contributed by atoms with Crippen LogP contribution in [-0.2, 0) is 0 Å². The lowest BCUT2D eigenvalue weighted by Crippen LogP contribution is -2.31. The normalized spacial score (nSPS) is 14.6. The average Bonchev–Trinajstić information content (AvgIpc) is 3.16. The zero-order valence-electron chi connectivity index (χ0n) is 19.6. The van der Waals surface area contributed by atoms with Crippen molar-refractivity contribution in [3.63, 3.8) is 0 Å². The minimum Gasteiger partial charge on any atom is -0.492 e. The molecule has 1 aliphatic rings. The van der Waals surface area contributed by atoms with Crippen LogP contribution in [-0.4, -0.2) is 36.1 Å². The third kappa shape index (κ3) is 6.33. The highest BCUT2D eigenvalue weighted by atomic mass is 127. The van der Waals surface area contributed by atoms with Crippen LogP contribution in [0.4, 0.5) is 0 Å². The number of rotatable bonds is 8. The van der Waals surface area contributed by atoms with Crippen LogP contribution in [0, 0.1) is 11.8 Å². The van der Waals surface area contributed by atoms with Crippen molar-refractivity contribution in [2.75, 3.05) is 26.2 Å². The number of benzene rings is 2. The van der Waals surface area contributed by atoms with Gasteiger partial charge in [-0.2, -0.15) is 0 Å². The Kier molecular flexibility index (Phi) is 9.14. The van der Waals surface area contributed by atoms with Crippen LogP contribution in [0.3, 0.4) is 0 Å². The van der Waals surface area contributed by atoms with E-state index in [-0.39, 0.29) is 24.0 Å². The molecule has 2 aromatic carbocycles. The molecule has 0 amide bonds. The monoisotopic (exact) mass is 562 g/mol. The highest BCUT2D eigenvalue weighted by Crippen LogP contribution is 2.38. The van der Waals surface area contributed by atoms with Crippen molar-refractivity contribution in [1.29, 1.82) is 0 Å². The molecule has 1 N–H and O–H groups in total. The number of para-hydroxylation sites is 1. The quantitative estimate of drug-likeness (QED) is 0.285. The van der Waals surface area contributed by atoms with Gasteiger partial charge in [0.1, 0.15) is 5.75 Å². The first kappa shape index (κ1) is 25.2. The summed E-state index contributed by atoms with van der Waals surface area (Å²) >= 11 is 1.78. The molecular formula is C27H35IN2OS. The zero-order valence-corrected chi connectivity index (χ0v) is 22.7. The molecule has 0 bridgehead atoms. The summed E-state index contributed by atoms with van der Waals surface area (Å²) in [5.41, 5.74) is 4.02. The summed E-state index contributed by atoms with van der Waals surface area (Å²) in [4.78, 5) is 8.44. The second-order valence-electron chi connectivity index (χ2n) is 9.30. The van der Waals surface area contributed by atoms with E-state index in [1.165, 1.54) is 38.4 Å². The lowest BCUT2D eigenvalue weighted by atomic mass is 9.98. The van der Waals surface area contributed by atoms with E-state index in [1.54, 1.807) is 11.8 Å². The van der Waals surface area contributed by atoms with Gasteiger partial charge in [-0.05, 0) is 54.2 Å². The zero-order chi connectivity index (χ0) is 21.8. The van der Waals surface area contributed by atoms with Gasteiger partial charge in [0, 0.05) is 47.2 Å². The number of hydrogen-bond donors (Lipinski definition) is 1. The van der Waals surface area contributed by atoms with Crippen molar-refractivity contribution in [3.8, 4) is 5.75 Å². The number of aromatic amines is 1. The molecule has 1 aliphatic heterocycles. The van der Waals surface area contributed by atoms with Crippen molar-refractivity contribution in [2.24, 2.45) is 11.8 Å². The lowest BCUT2D eigenvalue weighted by molar-refractivity contribution is 0.265. The van der Waals surface area contributed by atoms with Gasteiger partial charge in [-0.15, -0.1) is 24.0 Å². The number of nitrogens with zero attached hydrogens (tertiary/aromatic N) is 1. The van der Waals surface area contributed by atoms with Gasteiger partial charge < -0.3 is 9.72 Å². The molecule has 172 valence electrons. The third-order valence-corrected chi connectivity index (χ3v) is 6.61. The summed E-state index contributed by atoms with van der Waals surface area (Å²) in [5.74, 6) is 2.20. The topological polar surface area (TPSA) is 28.3 Å². The average molecular weight is 563 g/mol. The molecule has 1 aromatic heterocycles. The summed E-state index contributed by atoms with van der Waals surface area (Å²) in [6.07, 6.45) is 5.72. The number of ether oxygens (including phenoxy) is 1. The minimum atomic E-state index is 0. The van der Waals surface area contributed by atoms with Crippen molar-refractivity contribution in [1.82, 2.24) is 9.88 Å². The highest BCUT2D eigenvalue weighted by molar-refractivity contribution is 14.0. The fourth-order valence-electron chi connectivity index (χ4n) is 4.10. The summed E-state index contributed by atoms with van der Waals surface area (Å²) in [7, 11) is 0. The molecule has 5 heteroatoms. The van der Waals surface area contributed by atoms with Crippen LogP contribution < -0.4 is 4.74 Å². The molecule has 0 unspecified atom stereocenters. The maximum absolute atomic E-state index is 6.06. The van der Waals surface area contributed by atoms with E-state index in [0.717, 1.165) is 37.8 Å². The molecule has 0 saturated carbocycles. The van der Waals surface area contributed by atoms with E-state index < -0.39 is 0 Å². The Balaban J connectivity index is 0.00000289. The standard InChI is InChI=1S/C27H34N2OS.HI/c1-19(2)17-29-13-11-21(12-14-29)24-16-28-25-10-9-22(15-23(24)25)31-27-8-6-5-7-26(27)30-18-20(3)4;/h5-11,15-16,19-20,28H,12-14,17-18H2,1-4H3;1H. The van der Waals surface area contributed by atoms with Crippen LogP contribution in [0.2, 0.25) is 0 Å². The highest BCUT2D eigenvalue weighted by Gasteiger charge is 2.17. The molecular weight excluding hydrogens is 527 g/mol. The predicted octanol–water partition coefficient (Wildman–Crippen LogP) is 7.72. The molecule has 32 heavy (non-hydrogen) atoms. The fourth-order valence-corrected chi connectivity index (χ4v) is 5.05. The van der Waals surface area contributed by atoms with Crippen LogP contribution >= 0.6 is 35.7 Å². The number of hydrogen-bond acceptors (Lipinski definition) is 3. The Morgan fingerprint density at radius 2 is 1.88 bits per heavy atom. The van der Waals surface area contributed by atoms with Gasteiger partial charge in [-0.1, -0.05) is 57.7 Å². The van der Waals surface area contributed by atoms with Crippen LogP contribution in [0.25, 0.3) is 16.5 Å². The molecule has 0 spiro atoms. The van der Waals surface area contributed by atoms with Gasteiger partial charge in [0.05, 0.1) is 11.5 Å². The molecule has 0 aliphatic carbocycles. The van der Waals surface area contributed by atoms with Crippen LogP contribution in [0.5, 0.6) is 5.75 Å². The summed E-state index contributed by atoms with van der Waals surface area (Å²) < 4.78 is 6.06. The molecule has 0 atom stereocenters. The second-order valence-corrected chi connectivity index (χ2v) is 10.4. The molecule has 3 nitrogen and oxygen atoms in total. The Labute approximate surface area is 214 Å². The van der Waals surface area contributed by atoms with Gasteiger partial charge >= 0.3 is 0 Å². The Bertz CT molecular complexity index is 1060. The molecule has 4 rings (SSSR count). The third-order valence-electron chi connectivity index (χ3n) is 5.56. The maximum atomic E-state index is 6.06. The van der Waals surface area contributed by atoms with Crippen LogP contribution in [0.1, 0.15) is 39.7 Å². The van der Waals surface area contributed by atoms with Gasteiger partial charge in [-0.3, -0.25) is 4.90 Å².